The molecule has 30 heavy (non-hydrogen) atoms. The Kier molecular flexibility index (Phi) is 5.69. The first kappa shape index (κ1) is 20.3. The zero-order chi connectivity index (χ0) is 21.1. The van der Waals surface area contributed by atoms with Crippen molar-refractivity contribution in [2.75, 3.05) is 37.7 Å². The van der Waals surface area contributed by atoms with Crippen molar-refractivity contribution in [2.24, 2.45) is 0 Å². The number of anilines is 1. The third-order valence-electron chi connectivity index (χ3n) is 4.91. The van der Waals surface area contributed by atoms with E-state index in [9.17, 15) is 8.42 Å². The molecule has 10 heteroatoms. The molecule has 0 bridgehead atoms. The number of hydrogen-bond acceptors (Lipinski definition) is 7. The first-order chi connectivity index (χ1) is 14.5. The first-order valence-corrected chi connectivity index (χ1v) is 11.2. The Morgan fingerprint density at radius 3 is 2.37 bits per heavy atom. The van der Waals surface area contributed by atoms with Crippen LogP contribution in [0.3, 0.4) is 0 Å². The van der Waals surface area contributed by atoms with Gasteiger partial charge in [-0.3, -0.25) is 4.57 Å². The SMILES string of the molecule is CCOc1ccc(S(=O)(=O)N2CCN(c3cc(-n4ccnc4)nc(C)n3)CC2)cc1. The predicted octanol–water partition coefficient (Wildman–Crippen LogP) is 1.88. The molecule has 3 aromatic rings. The number of nitrogens with zero attached hydrogens (tertiary/aromatic N) is 6. The highest BCUT2D eigenvalue weighted by molar-refractivity contribution is 7.89. The molecule has 4 rings (SSSR count). The minimum atomic E-state index is -3.55. The third kappa shape index (κ3) is 4.14. The number of rotatable bonds is 6. The summed E-state index contributed by atoms with van der Waals surface area (Å²) in [6.45, 7) is 6.15. The van der Waals surface area contributed by atoms with Gasteiger partial charge in [0.1, 0.15) is 29.5 Å². The zero-order valence-corrected chi connectivity index (χ0v) is 17.8. The van der Waals surface area contributed by atoms with Gasteiger partial charge in [0.2, 0.25) is 10.0 Å². The van der Waals surface area contributed by atoms with Crippen LogP contribution in [0.25, 0.3) is 5.82 Å². The average molecular weight is 429 g/mol. The Morgan fingerprint density at radius 2 is 1.73 bits per heavy atom. The van der Waals surface area contributed by atoms with E-state index in [-0.39, 0.29) is 4.90 Å². The van der Waals surface area contributed by atoms with Crippen molar-refractivity contribution in [1.82, 2.24) is 23.8 Å². The third-order valence-corrected chi connectivity index (χ3v) is 6.83. The molecule has 1 aliphatic rings. The second-order valence-electron chi connectivity index (χ2n) is 6.90. The van der Waals surface area contributed by atoms with Crippen molar-refractivity contribution in [2.45, 2.75) is 18.7 Å². The van der Waals surface area contributed by atoms with Crippen molar-refractivity contribution < 1.29 is 13.2 Å². The summed E-state index contributed by atoms with van der Waals surface area (Å²) >= 11 is 0. The average Bonchev–Trinajstić information content (AvgIpc) is 3.29. The van der Waals surface area contributed by atoms with Gasteiger partial charge in [-0.25, -0.2) is 23.4 Å². The quantitative estimate of drug-likeness (QED) is 0.592. The Labute approximate surface area is 176 Å². The van der Waals surface area contributed by atoms with Crippen LogP contribution in [0.4, 0.5) is 5.82 Å². The van der Waals surface area contributed by atoms with E-state index in [4.69, 9.17) is 4.74 Å². The van der Waals surface area contributed by atoms with Gasteiger partial charge in [-0.15, -0.1) is 0 Å². The lowest BCUT2D eigenvalue weighted by molar-refractivity contribution is 0.340. The van der Waals surface area contributed by atoms with Crippen molar-refractivity contribution >= 4 is 15.8 Å². The molecule has 0 radical (unpaired) electrons. The fraction of sp³-hybridized carbons (Fsp3) is 0.350. The van der Waals surface area contributed by atoms with E-state index in [1.165, 1.54) is 4.31 Å². The summed E-state index contributed by atoms with van der Waals surface area (Å²) < 4.78 is 34.7. The molecule has 1 aromatic carbocycles. The number of hydrogen-bond donors (Lipinski definition) is 0. The maximum atomic E-state index is 13.0. The molecular formula is C20H24N6O3S. The van der Waals surface area contributed by atoms with Crippen LogP contribution in [0.5, 0.6) is 5.75 Å². The lowest BCUT2D eigenvalue weighted by atomic mass is 10.3. The highest BCUT2D eigenvalue weighted by atomic mass is 32.2. The van der Waals surface area contributed by atoms with Crippen LogP contribution in [0.2, 0.25) is 0 Å². The van der Waals surface area contributed by atoms with Gasteiger partial charge in [-0.2, -0.15) is 4.31 Å². The van der Waals surface area contributed by atoms with Crippen LogP contribution in [0.1, 0.15) is 12.7 Å². The second-order valence-corrected chi connectivity index (χ2v) is 8.83. The maximum Gasteiger partial charge on any atom is 0.243 e. The van der Waals surface area contributed by atoms with Crippen molar-refractivity contribution in [3.63, 3.8) is 0 Å². The molecule has 1 aliphatic heterocycles. The van der Waals surface area contributed by atoms with E-state index in [0.29, 0.717) is 44.4 Å². The summed E-state index contributed by atoms with van der Waals surface area (Å²) in [6.07, 6.45) is 5.21. The van der Waals surface area contributed by atoms with Gasteiger partial charge in [0, 0.05) is 44.6 Å². The van der Waals surface area contributed by atoms with E-state index in [1.54, 1.807) is 36.8 Å². The number of sulfonamides is 1. The number of aryl methyl sites for hydroxylation is 1. The molecule has 0 unspecified atom stereocenters. The van der Waals surface area contributed by atoms with E-state index in [2.05, 4.69) is 19.9 Å². The predicted molar refractivity (Wildman–Crippen MR) is 112 cm³/mol. The van der Waals surface area contributed by atoms with E-state index < -0.39 is 10.0 Å². The topological polar surface area (TPSA) is 93.5 Å². The van der Waals surface area contributed by atoms with E-state index in [0.717, 1.165) is 11.6 Å². The minimum absolute atomic E-state index is 0.277. The first-order valence-electron chi connectivity index (χ1n) is 9.79. The lowest BCUT2D eigenvalue weighted by Crippen LogP contribution is -2.49. The number of piperazine rings is 1. The minimum Gasteiger partial charge on any atom is -0.494 e. The van der Waals surface area contributed by atoms with Gasteiger partial charge in [-0.1, -0.05) is 0 Å². The Bertz CT molecular complexity index is 1090. The smallest absolute Gasteiger partial charge is 0.243 e. The largest absolute Gasteiger partial charge is 0.494 e. The summed E-state index contributed by atoms with van der Waals surface area (Å²) in [5.74, 6) is 2.83. The monoisotopic (exact) mass is 428 g/mol. The highest BCUT2D eigenvalue weighted by Crippen LogP contribution is 2.23. The van der Waals surface area contributed by atoms with Crippen LogP contribution in [-0.2, 0) is 10.0 Å². The van der Waals surface area contributed by atoms with Gasteiger partial charge in [0.25, 0.3) is 0 Å². The Balaban J connectivity index is 1.47. The van der Waals surface area contributed by atoms with Crippen LogP contribution < -0.4 is 9.64 Å². The molecule has 158 valence electrons. The van der Waals surface area contributed by atoms with Gasteiger partial charge in [0.05, 0.1) is 11.5 Å². The Hall–Kier alpha value is -2.98. The molecule has 2 aromatic heterocycles. The summed E-state index contributed by atoms with van der Waals surface area (Å²) in [4.78, 5) is 15.4. The summed E-state index contributed by atoms with van der Waals surface area (Å²) in [5, 5.41) is 0. The summed E-state index contributed by atoms with van der Waals surface area (Å²) in [7, 11) is -3.55. The zero-order valence-electron chi connectivity index (χ0n) is 17.0. The summed E-state index contributed by atoms with van der Waals surface area (Å²) in [6, 6.07) is 8.46. The molecular weight excluding hydrogens is 404 g/mol. The molecule has 0 saturated carbocycles. The van der Waals surface area contributed by atoms with Gasteiger partial charge in [0.15, 0.2) is 0 Å². The number of imidazole rings is 1. The molecule has 1 saturated heterocycles. The van der Waals surface area contributed by atoms with Crippen molar-refractivity contribution in [3.05, 3.63) is 54.9 Å². The van der Waals surface area contributed by atoms with Gasteiger partial charge in [-0.05, 0) is 38.1 Å². The molecule has 0 atom stereocenters. The molecule has 0 aliphatic carbocycles. The van der Waals surface area contributed by atoms with Crippen LogP contribution in [-0.4, -0.2) is 65.0 Å². The van der Waals surface area contributed by atoms with Crippen molar-refractivity contribution in [3.8, 4) is 11.6 Å². The fourth-order valence-electron chi connectivity index (χ4n) is 3.41. The lowest BCUT2D eigenvalue weighted by Gasteiger charge is -2.34. The second kappa shape index (κ2) is 8.41. The standard InChI is InChI=1S/C20H24N6O3S/c1-3-29-17-4-6-18(7-5-17)30(27,28)26-12-10-24(11-13-26)19-14-20(23-16(2)22-19)25-9-8-21-15-25/h4-9,14-15H,3,10-13H2,1-2H3. The number of benzene rings is 1. The molecule has 0 amide bonds. The highest BCUT2D eigenvalue weighted by Gasteiger charge is 2.29. The Morgan fingerprint density at radius 1 is 1.03 bits per heavy atom. The van der Waals surface area contributed by atoms with E-state index >= 15 is 0 Å². The van der Waals surface area contributed by atoms with Crippen LogP contribution in [0.15, 0.2) is 53.9 Å². The summed E-state index contributed by atoms with van der Waals surface area (Å²) in [5.41, 5.74) is 0. The van der Waals surface area contributed by atoms with Gasteiger partial charge >= 0.3 is 0 Å². The molecule has 3 heterocycles. The number of ether oxygens (including phenoxy) is 1. The molecule has 0 spiro atoms. The fourth-order valence-corrected chi connectivity index (χ4v) is 4.83. The van der Waals surface area contributed by atoms with Gasteiger partial charge < -0.3 is 9.64 Å². The molecule has 0 N–H and O–H groups in total. The normalized spacial score (nSPS) is 15.3. The maximum absolute atomic E-state index is 13.0. The molecule has 1 fully saturated rings. The van der Waals surface area contributed by atoms with Crippen molar-refractivity contribution in [1.29, 1.82) is 0 Å². The van der Waals surface area contributed by atoms with E-state index in [1.807, 2.05) is 30.7 Å². The van der Waals surface area contributed by atoms with Crippen LogP contribution >= 0.6 is 0 Å². The number of aromatic nitrogens is 4. The molecule has 9 nitrogen and oxygen atoms in total. The van der Waals surface area contributed by atoms with Crippen LogP contribution in [0, 0.1) is 6.92 Å².